The molecule has 1 aliphatic heterocycles. The molecule has 0 radical (unpaired) electrons. The van der Waals surface area contributed by atoms with Crippen LogP contribution in [0.4, 0.5) is 4.39 Å². The minimum absolute atomic E-state index is 0.0241. The quantitative estimate of drug-likeness (QED) is 0.322. The lowest BCUT2D eigenvalue weighted by atomic mass is 9.98. The highest BCUT2D eigenvalue weighted by atomic mass is 35.5. The van der Waals surface area contributed by atoms with E-state index in [9.17, 15) is 14.0 Å². The number of aromatic amines is 2. The maximum absolute atomic E-state index is 13.9. The highest BCUT2D eigenvalue weighted by Crippen LogP contribution is 2.39. The molecule has 3 heterocycles. The lowest BCUT2D eigenvalue weighted by Gasteiger charge is -2.26. The first-order valence-corrected chi connectivity index (χ1v) is 12.3. The average Bonchev–Trinajstić information content (AvgIpc) is 3.27. The molecule has 9 heteroatoms. The molecule has 4 aromatic rings. The molecule has 5 rings (SSSR count). The van der Waals surface area contributed by atoms with Gasteiger partial charge in [0.25, 0.3) is 11.5 Å². The van der Waals surface area contributed by atoms with Crippen molar-refractivity contribution >= 4 is 28.4 Å². The fraction of sp³-hybridized carbons (Fsp3) is 0.259. The van der Waals surface area contributed by atoms with Crippen molar-refractivity contribution < 1.29 is 13.9 Å². The van der Waals surface area contributed by atoms with Gasteiger partial charge in [-0.2, -0.15) is 0 Å². The predicted molar refractivity (Wildman–Crippen MR) is 139 cm³/mol. The Kier molecular flexibility index (Phi) is 7.18. The number of aromatic nitrogens is 2. The second kappa shape index (κ2) is 10.7. The third-order valence-electron chi connectivity index (χ3n) is 6.40. The number of benzene rings is 2. The van der Waals surface area contributed by atoms with Gasteiger partial charge in [-0.05, 0) is 61.0 Å². The summed E-state index contributed by atoms with van der Waals surface area (Å²) >= 11 is 6.09. The minimum Gasteiger partial charge on any atom is -0.379 e. The van der Waals surface area contributed by atoms with Gasteiger partial charge in [-0.15, -0.1) is 0 Å². The van der Waals surface area contributed by atoms with Crippen LogP contribution in [0.3, 0.4) is 0 Å². The normalized spacial score (nSPS) is 14.3. The van der Waals surface area contributed by atoms with E-state index in [1.54, 1.807) is 36.5 Å². The highest BCUT2D eigenvalue weighted by molar-refractivity contribution is 6.31. The van der Waals surface area contributed by atoms with Gasteiger partial charge in [-0.3, -0.25) is 14.5 Å². The van der Waals surface area contributed by atoms with Crippen molar-refractivity contribution in [3.63, 3.8) is 0 Å². The fourth-order valence-corrected chi connectivity index (χ4v) is 4.72. The number of amides is 1. The summed E-state index contributed by atoms with van der Waals surface area (Å²) in [6.07, 6.45) is 2.41. The Hall–Kier alpha value is -3.46. The van der Waals surface area contributed by atoms with Crippen LogP contribution in [0.15, 0.2) is 59.5 Å². The van der Waals surface area contributed by atoms with Gasteiger partial charge in [-0.1, -0.05) is 17.7 Å². The van der Waals surface area contributed by atoms with Crippen molar-refractivity contribution in [2.75, 3.05) is 39.4 Å². The number of morpholine rings is 1. The molecule has 0 spiro atoms. The van der Waals surface area contributed by atoms with E-state index in [2.05, 4.69) is 20.2 Å². The van der Waals surface area contributed by atoms with Crippen molar-refractivity contribution in [3.05, 3.63) is 81.5 Å². The van der Waals surface area contributed by atoms with Gasteiger partial charge in [0, 0.05) is 47.9 Å². The molecule has 1 fully saturated rings. The molecule has 0 saturated carbocycles. The molecule has 0 aliphatic carbocycles. The molecular formula is C27H26ClFN4O3. The van der Waals surface area contributed by atoms with Gasteiger partial charge in [0.2, 0.25) is 0 Å². The predicted octanol–water partition coefficient (Wildman–Crippen LogP) is 4.43. The van der Waals surface area contributed by atoms with E-state index in [4.69, 9.17) is 16.3 Å². The molecule has 0 atom stereocenters. The summed E-state index contributed by atoms with van der Waals surface area (Å²) in [5.74, 6) is -0.709. The number of rotatable bonds is 7. The Morgan fingerprint density at radius 3 is 2.75 bits per heavy atom. The summed E-state index contributed by atoms with van der Waals surface area (Å²) in [4.78, 5) is 33.9. The number of H-pyrrole nitrogens is 2. The van der Waals surface area contributed by atoms with Gasteiger partial charge in [0.05, 0.1) is 29.5 Å². The molecule has 1 saturated heterocycles. The van der Waals surface area contributed by atoms with Crippen LogP contribution in [-0.4, -0.2) is 60.2 Å². The molecular weight excluding hydrogens is 483 g/mol. The molecule has 3 N–H and O–H groups in total. The SMILES string of the molecule is O=C(NCCCN1CCOCC1)c1ccc2[nH]c(-c3ccc[nH]c3=O)c(-c3ccc(F)c(Cl)c3)c2c1. The lowest BCUT2D eigenvalue weighted by Crippen LogP contribution is -2.38. The summed E-state index contributed by atoms with van der Waals surface area (Å²) < 4.78 is 19.3. The molecule has 0 unspecified atom stereocenters. The molecule has 1 amide bonds. The number of fused-ring (bicyclic) bond motifs is 1. The molecule has 2 aromatic carbocycles. The topological polar surface area (TPSA) is 90.2 Å². The van der Waals surface area contributed by atoms with Gasteiger partial charge in [0.15, 0.2) is 0 Å². The van der Waals surface area contributed by atoms with Gasteiger partial charge in [0.1, 0.15) is 5.82 Å². The number of halogens is 2. The maximum Gasteiger partial charge on any atom is 0.257 e. The van der Waals surface area contributed by atoms with Crippen molar-refractivity contribution in [1.29, 1.82) is 0 Å². The van der Waals surface area contributed by atoms with E-state index < -0.39 is 5.82 Å². The molecule has 7 nitrogen and oxygen atoms in total. The van der Waals surface area contributed by atoms with E-state index in [1.807, 2.05) is 6.07 Å². The first kappa shape index (κ1) is 24.2. The zero-order valence-electron chi connectivity index (χ0n) is 19.6. The Morgan fingerprint density at radius 1 is 1.14 bits per heavy atom. The summed E-state index contributed by atoms with van der Waals surface area (Å²) in [6.45, 7) is 4.81. The molecule has 1 aliphatic rings. The van der Waals surface area contributed by atoms with Crippen LogP contribution in [-0.2, 0) is 4.74 Å². The Labute approximate surface area is 212 Å². The number of carbonyl (C=O) groups is 1. The molecule has 186 valence electrons. The number of hydrogen-bond acceptors (Lipinski definition) is 4. The zero-order chi connectivity index (χ0) is 25.1. The monoisotopic (exact) mass is 508 g/mol. The van der Waals surface area contributed by atoms with Crippen LogP contribution < -0.4 is 10.9 Å². The summed E-state index contributed by atoms with van der Waals surface area (Å²) in [5.41, 5.74) is 3.27. The number of carbonyl (C=O) groups excluding carboxylic acids is 1. The Morgan fingerprint density at radius 2 is 1.97 bits per heavy atom. The van der Waals surface area contributed by atoms with Gasteiger partial charge >= 0.3 is 0 Å². The van der Waals surface area contributed by atoms with E-state index in [0.717, 1.165) is 50.2 Å². The fourth-order valence-electron chi connectivity index (χ4n) is 4.54. The van der Waals surface area contributed by atoms with Crippen LogP contribution in [0, 0.1) is 5.82 Å². The second-order valence-electron chi connectivity index (χ2n) is 8.74. The van der Waals surface area contributed by atoms with E-state index in [1.165, 1.54) is 12.1 Å². The Balaban J connectivity index is 1.46. The van der Waals surface area contributed by atoms with E-state index >= 15 is 0 Å². The third-order valence-corrected chi connectivity index (χ3v) is 6.69. The summed E-state index contributed by atoms with van der Waals surface area (Å²) in [7, 11) is 0. The number of ether oxygens (including phenoxy) is 1. The van der Waals surface area contributed by atoms with Crippen molar-refractivity contribution in [2.24, 2.45) is 0 Å². The van der Waals surface area contributed by atoms with Crippen LogP contribution in [0.5, 0.6) is 0 Å². The van der Waals surface area contributed by atoms with Crippen LogP contribution >= 0.6 is 11.6 Å². The summed E-state index contributed by atoms with van der Waals surface area (Å²) in [5, 5.41) is 3.70. The third kappa shape index (κ3) is 5.06. The van der Waals surface area contributed by atoms with Crippen LogP contribution in [0.1, 0.15) is 16.8 Å². The number of nitrogens with zero attached hydrogens (tertiary/aromatic N) is 1. The van der Waals surface area contributed by atoms with E-state index in [0.29, 0.717) is 34.5 Å². The standard InChI is InChI=1S/C27H26ClFN4O3/c28-21-16-17(4-6-22(21)29)24-20-15-18(26(34)30-9-2-10-33-11-13-36-14-12-33)5-7-23(20)32-25(24)19-3-1-8-31-27(19)35/h1,3-8,15-16,32H,2,9-14H2,(H,30,34)(H,31,35). The van der Waals surface area contributed by atoms with Gasteiger partial charge in [-0.25, -0.2) is 4.39 Å². The van der Waals surface area contributed by atoms with Crippen LogP contribution in [0.2, 0.25) is 5.02 Å². The minimum atomic E-state index is -0.531. The van der Waals surface area contributed by atoms with E-state index in [-0.39, 0.29) is 16.5 Å². The molecule has 2 aromatic heterocycles. The van der Waals surface area contributed by atoms with Crippen LogP contribution in [0.25, 0.3) is 33.3 Å². The number of nitrogens with one attached hydrogen (secondary N) is 3. The zero-order valence-corrected chi connectivity index (χ0v) is 20.3. The largest absolute Gasteiger partial charge is 0.379 e. The second-order valence-corrected chi connectivity index (χ2v) is 9.15. The Bertz CT molecular complexity index is 1460. The highest BCUT2D eigenvalue weighted by Gasteiger charge is 2.19. The molecule has 0 bridgehead atoms. The van der Waals surface area contributed by atoms with Crippen molar-refractivity contribution in [3.8, 4) is 22.4 Å². The smallest absolute Gasteiger partial charge is 0.257 e. The molecule has 36 heavy (non-hydrogen) atoms. The maximum atomic E-state index is 13.9. The van der Waals surface area contributed by atoms with Gasteiger partial charge < -0.3 is 20.0 Å². The lowest BCUT2D eigenvalue weighted by molar-refractivity contribution is 0.0374. The van der Waals surface area contributed by atoms with Crippen molar-refractivity contribution in [2.45, 2.75) is 6.42 Å². The first-order valence-electron chi connectivity index (χ1n) is 11.9. The first-order chi connectivity index (χ1) is 17.5. The summed E-state index contributed by atoms with van der Waals surface area (Å²) in [6, 6.07) is 13.2. The number of hydrogen-bond donors (Lipinski definition) is 3. The average molecular weight is 509 g/mol. The number of pyridine rings is 1. The van der Waals surface area contributed by atoms with Crippen molar-refractivity contribution in [1.82, 2.24) is 20.2 Å².